The maximum Gasteiger partial charge on any atom is 0.213 e. The molecule has 28 heavy (non-hydrogen) atoms. The third-order valence-corrected chi connectivity index (χ3v) is 4.66. The molecule has 0 aliphatic rings. The van der Waals surface area contributed by atoms with Crippen molar-refractivity contribution >= 4 is 5.96 Å². The van der Waals surface area contributed by atoms with Gasteiger partial charge in [0.2, 0.25) is 5.88 Å². The lowest BCUT2D eigenvalue weighted by Crippen LogP contribution is -2.39. The van der Waals surface area contributed by atoms with E-state index < -0.39 is 0 Å². The number of aliphatic imine (C=N–C) groups is 1. The summed E-state index contributed by atoms with van der Waals surface area (Å²) < 4.78 is 5.45. The number of benzene rings is 1. The van der Waals surface area contributed by atoms with Crippen LogP contribution in [-0.4, -0.2) is 49.1 Å². The number of rotatable bonds is 10. The van der Waals surface area contributed by atoms with Gasteiger partial charge in [-0.2, -0.15) is 0 Å². The second-order valence-electron chi connectivity index (χ2n) is 6.83. The molecular weight excluding hydrogens is 350 g/mol. The van der Waals surface area contributed by atoms with Gasteiger partial charge in [0.25, 0.3) is 0 Å². The smallest absolute Gasteiger partial charge is 0.213 e. The van der Waals surface area contributed by atoms with Crippen LogP contribution in [0.2, 0.25) is 0 Å². The van der Waals surface area contributed by atoms with Gasteiger partial charge in [0.05, 0.1) is 6.61 Å². The van der Waals surface area contributed by atoms with Crippen molar-refractivity contribution in [1.82, 2.24) is 20.5 Å². The first-order valence-electron chi connectivity index (χ1n) is 9.88. The number of pyridine rings is 1. The molecule has 1 aromatic heterocycles. The van der Waals surface area contributed by atoms with Crippen LogP contribution in [0, 0.1) is 0 Å². The minimum Gasteiger partial charge on any atom is -0.478 e. The fraction of sp³-hybridized carbons (Fsp3) is 0.455. The van der Waals surface area contributed by atoms with Crippen LogP contribution >= 0.6 is 0 Å². The molecule has 152 valence electrons. The highest BCUT2D eigenvalue weighted by Crippen LogP contribution is 2.09. The first-order chi connectivity index (χ1) is 13.6. The summed E-state index contributed by atoms with van der Waals surface area (Å²) in [6, 6.07) is 15.0. The van der Waals surface area contributed by atoms with Crippen LogP contribution in [0.4, 0.5) is 0 Å². The molecule has 2 N–H and O–H groups in total. The van der Waals surface area contributed by atoms with Crippen molar-refractivity contribution < 1.29 is 4.74 Å². The zero-order chi connectivity index (χ0) is 20.2. The Morgan fingerprint density at radius 2 is 1.96 bits per heavy atom. The number of nitrogens with zero attached hydrogens (tertiary/aromatic N) is 3. The molecule has 0 saturated carbocycles. The van der Waals surface area contributed by atoms with Crippen molar-refractivity contribution in [2.24, 2.45) is 4.99 Å². The van der Waals surface area contributed by atoms with Crippen molar-refractivity contribution in [3.63, 3.8) is 0 Å². The fourth-order valence-electron chi connectivity index (χ4n) is 2.84. The van der Waals surface area contributed by atoms with Gasteiger partial charge >= 0.3 is 0 Å². The van der Waals surface area contributed by atoms with Crippen LogP contribution in [-0.2, 0) is 13.1 Å². The molecule has 2 rings (SSSR count). The first-order valence-corrected chi connectivity index (χ1v) is 9.88. The van der Waals surface area contributed by atoms with E-state index in [9.17, 15) is 0 Å². The van der Waals surface area contributed by atoms with E-state index in [-0.39, 0.29) is 0 Å². The van der Waals surface area contributed by atoms with Gasteiger partial charge in [-0.3, -0.25) is 9.89 Å². The highest BCUT2D eigenvalue weighted by Gasteiger charge is 2.10. The van der Waals surface area contributed by atoms with Gasteiger partial charge in [0.15, 0.2) is 5.96 Å². The molecule has 1 atom stereocenters. The maximum absolute atomic E-state index is 5.45. The molecule has 0 radical (unpaired) electrons. The van der Waals surface area contributed by atoms with Gasteiger partial charge in [0, 0.05) is 45.0 Å². The standard InChI is InChI=1S/C22H33N5O/c1-5-28-21-15-20(12-14-24-21)16-26-22(23-3)25-13-11-18(2)27(4)17-19-9-7-6-8-10-19/h6-10,12,14-15,18H,5,11,13,16-17H2,1-4H3,(H2,23,25,26). The second kappa shape index (κ2) is 12.0. The minimum absolute atomic E-state index is 0.472. The molecule has 1 unspecified atom stereocenters. The van der Waals surface area contributed by atoms with Gasteiger partial charge in [-0.25, -0.2) is 4.98 Å². The number of ether oxygens (including phenoxy) is 1. The lowest BCUT2D eigenvalue weighted by Gasteiger charge is -2.25. The van der Waals surface area contributed by atoms with Crippen LogP contribution < -0.4 is 15.4 Å². The lowest BCUT2D eigenvalue weighted by atomic mass is 10.1. The molecule has 1 heterocycles. The summed E-state index contributed by atoms with van der Waals surface area (Å²) in [5.41, 5.74) is 2.45. The van der Waals surface area contributed by atoms with E-state index in [4.69, 9.17) is 4.74 Å². The highest BCUT2D eigenvalue weighted by atomic mass is 16.5. The van der Waals surface area contributed by atoms with Gasteiger partial charge in [-0.05, 0) is 44.5 Å². The molecule has 0 amide bonds. The largest absolute Gasteiger partial charge is 0.478 e. The molecule has 0 aliphatic carbocycles. The van der Waals surface area contributed by atoms with Crippen LogP contribution in [0.25, 0.3) is 0 Å². The molecule has 0 fully saturated rings. The molecule has 0 saturated heterocycles. The van der Waals surface area contributed by atoms with Gasteiger partial charge in [-0.15, -0.1) is 0 Å². The third kappa shape index (κ3) is 7.56. The Bertz CT molecular complexity index is 720. The summed E-state index contributed by atoms with van der Waals surface area (Å²) >= 11 is 0. The van der Waals surface area contributed by atoms with E-state index >= 15 is 0 Å². The summed E-state index contributed by atoms with van der Waals surface area (Å²) in [7, 11) is 3.96. The monoisotopic (exact) mass is 383 g/mol. The van der Waals surface area contributed by atoms with E-state index in [1.54, 1.807) is 13.2 Å². The van der Waals surface area contributed by atoms with E-state index in [0.29, 0.717) is 25.1 Å². The van der Waals surface area contributed by atoms with E-state index in [0.717, 1.165) is 31.0 Å². The number of hydrogen-bond donors (Lipinski definition) is 2. The third-order valence-electron chi connectivity index (χ3n) is 4.66. The van der Waals surface area contributed by atoms with E-state index in [2.05, 4.69) is 69.8 Å². The summed E-state index contributed by atoms with van der Waals surface area (Å²) in [6.07, 6.45) is 2.80. The van der Waals surface area contributed by atoms with Crippen molar-refractivity contribution in [2.75, 3.05) is 27.2 Å². The Morgan fingerprint density at radius 1 is 1.18 bits per heavy atom. The SMILES string of the molecule is CCOc1cc(CNC(=NC)NCCC(C)N(C)Cc2ccccc2)ccn1. The minimum atomic E-state index is 0.472. The van der Waals surface area contributed by atoms with Crippen LogP contribution in [0.5, 0.6) is 5.88 Å². The molecular formula is C22H33N5O. The molecule has 6 heteroatoms. The van der Waals surface area contributed by atoms with Gasteiger partial charge in [-0.1, -0.05) is 30.3 Å². The fourth-order valence-corrected chi connectivity index (χ4v) is 2.84. The first kappa shape index (κ1) is 21.7. The van der Waals surface area contributed by atoms with Gasteiger partial charge < -0.3 is 15.4 Å². The summed E-state index contributed by atoms with van der Waals surface area (Å²) in [5.74, 6) is 1.45. The number of hydrogen-bond acceptors (Lipinski definition) is 4. The Hall–Kier alpha value is -2.60. The number of guanidine groups is 1. The van der Waals surface area contributed by atoms with Gasteiger partial charge in [0.1, 0.15) is 0 Å². The number of nitrogens with one attached hydrogen (secondary N) is 2. The summed E-state index contributed by atoms with van der Waals surface area (Å²) in [6.45, 7) is 7.32. The highest BCUT2D eigenvalue weighted by molar-refractivity contribution is 5.79. The lowest BCUT2D eigenvalue weighted by molar-refractivity contribution is 0.238. The normalized spacial score (nSPS) is 12.7. The van der Waals surface area contributed by atoms with Crippen molar-refractivity contribution in [2.45, 2.75) is 39.4 Å². The van der Waals surface area contributed by atoms with Crippen LogP contribution in [0.3, 0.4) is 0 Å². The van der Waals surface area contributed by atoms with Crippen molar-refractivity contribution in [3.05, 3.63) is 59.8 Å². The molecule has 0 aliphatic heterocycles. The quantitative estimate of drug-likeness (QED) is 0.488. The predicted octanol–water partition coefficient (Wildman–Crippen LogP) is 3.06. The summed E-state index contributed by atoms with van der Waals surface area (Å²) in [4.78, 5) is 10.9. The second-order valence-corrected chi connectivity index (χ2v) is 6.83. The molecule has 2 aromatic rings. The molecule has 6 nitrogen and oxygen atoms in total. The van der Waals surface area contributed by atoms with Crippen molar-refractivity contribution in [3.8, 4) is 5.88 Å². The molecule has 0 bridgehead atoms. The Labute approximate surface area is 169 Å². The Balaban J connectivity index is 1.72. The molecule has 1 aromatic carbocycles. The maximum atomic E-state index is 5.45. The molecule has 0 spiro atoms. The van der Waals surface area contributed by atoms with Crippen molar-refractivity contribution in [1.29, 1.82) is 0 Å². The topological polar surface area (TPSA) is 61.8 Å². The average molecular weight is 384 g/mol. The Kier molecular flexibility index (Phi) is 9.28. The zero-order valence-corrected chi connectivity index (χ0v) is 17.5. The number of aromatic nitrogens is 1. The predicted molar refractivity (Wildman–Crippen MR) is 116 cm³/mol. The average Bonchev–Trinajstić information content (AvgIpc) is 2.71. The van der Waals surface area contributed by atoms with E-state index in [1.807, 2.05) is 19.1 Å². The summed E-state index contributed by atoms with van der Waals surface area (Å²) in [5, 5.41) is 6.73. The van der Waals surface area contributed by atoms with Crippen LogP contribution in [0.15, 0.2) is 53.7 Å². The Morgan fingerprint density at radius 3 is 2.68 bits per heavy atom. The van der Waals surface area contributed by atoms with E-state index in [1.165, 1.54) is 5.56 Å². The zero-order valence-electron chi connectivity index (χ0n) is 17.5. The van der Waals surface area contributed by atoms with Crippen LogP contribution in [0.1, 0.15) is 31.4 Å².